The number of halogens is 1. The molecule has 2 aliphatic heterocycles. The van der Waals surface area contributed by atoms with Crippen LogP contribution in [0, 0.1) is 0 Å². The second kappa shape index (κ2) is 9.03. The molecule has 3 aliphatic rings. The molecule has 3 atom stereocenters. The number of fused-ring (bicyclic) bond motifs is 2. The summed E-state index contributed by atoms with van der Waals surface area (Å²) in [5.41, 5.74) is 1.82. The molecule has 3 heterocycles. The highest BCUT2D eigenvalue weighted by Gasteiger charge is 2.52. The van der Waals surface area contributed by atoms with Gasteiger partial charge in [-0.25, -0.2) is 9.97 Å². The van der Waals surface area contributed by atoms with Crippen LogP contribution in [0.15, 0.2) is 30.6 Å². The number of carbonyl (C=O) groups excluding carboxylic acids is 2. The average Bonchev–Trinajstić information content (AvgIpc) is 3.60. The molecule has 34 heavy (non-hydrogen) atoms. The fourth-order valence-electron chi connectivity index (χ4n) is 5.01. The minimum absolute atomic E-state index is 0.0809. The van der Waals surface area contributed by atoms with Gasteiger partial charge in [0.1, 0.15) is 12.0 Å². The Morgan fingerprint density at radius 1 is 1.21 bits per heavy atom. The highest BCUT2D eigenvalue weighted by Crippen LogP contribution is 2.44. The van der Waals surface area contributed by atoms with Crippen molar-refractivity contribution < 1.29 is 9.59 Å². The Hall–Kier alpha value is -2.91. The van der Waals surface area contributed by atoms with Gasteiger partial charge in [-0.3, -0.25) is 9.59 Å². The number of nitrogens with zero attached hydrogens (tertiary/aromatic N) is 5. The van der Waals surface area contributed by atoms with Crippen LogP contribution in [0.3, 0.4) is 0 Å². The lowest BCUT2D eigenvalue weighted by atomic mass is 9.96. The van der Waals surface area contributed by atoms with Crippen LogP contribution in [0.2, 0.25) is 5.02 Å². The van der Waals surface area contributed by atoms with Gasteiger partial charge in [-0.2, -0.15) is 0 Å². The summed E-state index contributed by atoms with van der Waals surface area (Å²) in [6.45, 7) is 6.33. The predicted octanol–water partition coefficient (Wildman–Crippen LogP) is 2.09. The van der Waals surface area contributed by atoms with E-state index >= 15 is 0 Å². The largest absolute Gasteiger partial charge is 0.359 e. The first-order chi connectivity index (χ1) is 16.3. The van der Waals surface area contributed by atoms with Gasteiger partial charge in [-0.05, 0) is 24.1 Å². The van der Waals surface area contributed by atoms with E-state index in [4.69, 9.17) is 11.6 Å². The molecule has 0 radical (unpaired) electrons. The number of nitrogens with one attached hydrogen (secondary N) is 2. The number of carbonyl (C=O) groups is 2. The summed E-state index contributed by atoms with van der Waals surface area (Å²) in [7, 11) is 1.88. The lowest BCUT2D eigenvalue weighted by molar-refractivity contribution is -0.133. The molecule has 2 aromatic rings. The summed E-state index contributed by atoms with van der Waals surface area (Å²) < 4.78 is 0. The standard InChI is InChI=1S/C24H30ClN7O2/c1-14(2)26-11-17(15-4-6-16(25)7-5-15)24(34)32-9-8-31(18-10-19(18)32)23-21-22(27-13-28-23)29-20(33)12-30(21)3/h4-7,13-14,17-19,26H,8-12H2,1-3H3,(H,27,28,29,33)/t17-,18+,19-/m1/s1. The van der Waals surface area contributed by atoms with Crippen LogP contribution in [0.25, 0.3) is 0 Å². The lowest BCUT2D eigenvalue weighted by Gasteiger charge is -2.39. The molecule has 0 unspecified atom stereocenters. The zero-order valence-electron chi connectivity index (χ0n) is 19.7. The minimum atomic E-state index is -0.263. The van der Waals surface area contributed by atoms with Crippen molar-refractivity contribution in [3.8, 4) is 0 Å². The first-order valence-corrected chi connectivity index (χ1v) is 12.1. The van der Waals surface area contributed by atoms with Crippen LogP contribution in [0.1, 0.15) is 31.7 Å². The topological polar surface area (TPSA) is 93.7 Å². The average molecular weight is 484 g/mol. The SMILES string of the molecule is CC(C)NC[C@@H](C(=O)N1CCN(c2ncnc3c2N(C)CC(=O)N3)[C@H]2C[C@H]21)c1ccc(Cl)cc1. The van der Waals surface area contributed by atoms with E-state index in [0.717, 1.165) is 23.5 Å². The maximum absolute atomic E-state index is 13.8. The van der Waals surface area contributed by atoms with Gasteiger partial charge in [-0.15, -0.1) is 0 Å². The molecule has 1 aliphatic carbocycles. The van der Waals surface area contributed by atoms with Gasteiger partial charge in [0.2, 0.25) is 11.8 Å². The lowest BCUT2D eigenvalue weighted by Crippen LogP contribution is -2.52. The smallest absolute Gasteiger partial charge is 0.245 e. The Labute approximate surface area is 204 Å². The number of hydrogen-bond donors (Lipinski definition) is 2. The second-order valence-electron chi connectivity index (χ2n) is 9.56. The van der Waals surface area contributed by atoms with Gasteiger partial charge < -0.3 is 25.3 Å². The fraction of sp³-hybridized carbons (Fsp3) is 0.500. The molecule has 1 saturated carbocycles. The molecule has 2 N–H and O–H groups in total. The number of aromatic nitrogens is 2. The predicted molar refractivity (Wildman–Crippen MR) is 133 cm³/mol. The summed E-state index contributed by atoms with van der Waals surface area (Å²) in [5.74, 6) is 1.17. The van der Waals surface area contributed by atoms with Crippen molar-refractivity contribution in [2.45, 2.75) is 44.3 Å². The summed E-state index contributed by atoms with van der Waals surface area (Å²) in [4.78, 5) is 40.7. The fourth-order valence-corrected chi connectivity index (χ4v) is 5.13. The Bertz CT molecular complexity index is 1090. The zero-order valence-corrected chi connectivity index (χ0v) is 20.4. The van der Waals surface area contributed by atoms with Crippen molar-refractivity contribution in [1.82, 2.24) is 20.2 Å². The first kappa shape index (κ1) is 22.9. The van der Waals surface area contributed by atoms with E-state index in [0.29, 0.717) is 30.5 Å². The molecule has 5 rings (SSSR count). The van der Waals surface area contributed by atoms with Crippen LogP contribution in [0.4, 0.5) is 17.3 Å². The van der Waals surface area contributed by atoms with E-state index in [1.807, 2.05) is 41.1 Å². The number of hydrogen-bond acceptors (Lipinski definition) is 7. The van der Waals surface area contributed by atoms with E-state index in [-0.39, 0.29) is 42.4 Å². The number of rotatable bonds is 6. The highest BCUT2D eigenvalue weighted by molar-refractivity contribution is 6.30. The third-order valence-electron chi connectivity index (χ3n) is 6.79. The van der Waals surface area contributed by atoms with Crippen molar-refractivity contribution in [3.63, 3.8) is 0 Å². The molecular weight excluding hydrogens is 454 g/mol. The Balaban J connectivity index is 1.35. The Morgan fingerprint density at radius 2 is 1.97 bits per heavy atom. The monoisotopic (exact) mass is 483 g/mol. The zero-order chi connectivity index (χ0) is 24.0. The molecule has 1 saturated heterocycles. The van der Waals surface area contributed by atoms with Crippen molar-refractivity contribution in [2.24, 2.45) is 0 Å². The van der Waals surface area contributed by atoms with Crippen molar-refractivity contribution in [3.05, 3.63) is 41.2 Å². The van der Waals surface area contributed by atoms with Crippen molar-refractivity contribution in [2.75, 3.05) is 48.3 Å². The molecular formula is C24H30ClN7O2. The van der Waals surface area contributed by atoms with E-state index in [1.54, 1.807) is 0 Å². The van der Waals surface area contributed by atoms with E-state index in [2.05, 4.69) is 39.3 Å². The number of likely N-dealkylation sites (N-methyl/N-ethyl adjacent to an activating group) is 1. The molecule has 2 fully saturated rings. The van der Waals surface area contributed by atoms with Crippen LogP contribution < -0.4 is 20.4 Å². The van der Waals surface area contributed by atoms with E-state index < -0.39 is 0 Å². The van der Waals surface area contributed by atoms with Gasteiger partial charge in [0, 0.05) is 37.7 Å². The van der Waals surface area contributed by atoms with Gasteiger partial charge in [0.15, 0.2) is 11.6 Å². The summed E-state index contributed by atoms with van der Waals surface area (Å²) in [6, 6.07) is 8.25. The van der Waals surface area contributed by atoms with E-state index in [9.17, 15) is 9.59 Å². The third-order valence-corrected chi connectivity index (χ3v) is 7.04. The minimum Gasteiger partial charge on any atom is -0.359 e. The van der Waals surface area contributed by atoms with Crippen molar-refractivity contribution >= 4 is 40.7 Å². The highest BCUT2D eigenvalue weighted by atomic mass is 35.5. The normalized spacial score (nSPS) is 22.3. The number of anilines is 3. The van der Waals surface area contributed by atoms with Crippen LogP contribution >= 0.6 is 11.6 Å². The molecule has 1 aromatic carbocycles. The molecule has 0 bridgehead atoms. The van der Waals surface area contributed by atoms with Gasteiger partial charge in [0.05, 0.1) is 24.5 Å². The van der Waals surface area contributed by atoms with Crippen LogP contribution in [-0.2, 0) is 9.59 Å². The summed E-state index contributed by atoms with van der Waals surface area (Å²) in [6.07, 6.45) is 2.40. The molecule has 0 spiro atoms. The number of benzene rings is 1. The Morgan fingerprint density at radius 3 is 2.71 bits per heavy atom. The molecule has 2 amide bonds. The Kier molecular flexibility index (Phi) is 6.07. The van der Waals surface area contributed by atoms with Crippen molar-refractivity contribution in [1.29, 1.82) is 0 Å². The van der Waals surface area contributed by atoms with Gasteiger partial charge in [0.25, 0.3) is 0 Å². The molecule has 180 valence electrons. The second-order valence-corrected chi connectivity index (χ2v) is 10.00. The van der Waals surface area contributed by atoms with Crippen LogP contribution in [0.5, 0.6) is 0 Å². The summed E-state index contributed by atoms with van der Waals surface area (Å²) >= 11 is 6.09. The van der Waals surface area contributed by atoms with Gasteiger partial charge >= 0.3 is 0 Å². The van der Waals surface area contributed by atoms with E-state index in [1.165, 1.54) is 6.33 Å². The molecule has 1 aromatic heterocycles. The number of piperazine rings is 1. The van der Waals surface area contributed by atoms with Gasteiger partial charge in [-0.1, -0.05) is 37.6 Å². The first-order valence-electron chi connectivity index (χ1n) is 11.8. The maximum Gasteiger partial charge on any atom is 0.245 e. The maximum atomic E-state index is 13.8. The molecule has 10 heteroatoms. The summed E-state index contributed by atoms with van der Waals surface area (Å²) in [5, 5.41) is 6.95. The number of amides is 2. The molecule has 9 nitrogen and oxygen atoms in total. The third kappa shape index (κ3) is 4.30. The quantitative estimate of drug-likeness (QED) is 0.649. The van der Waals surface area contributed by atoms with Crippen LogP contribution in [-0.4, -0.2) is 78.0 Å².